The van der Waals surface area contributed by atoms with Crippen LogP contribution in [0.4, 0.5) is 5.82 Å². The van der Waals surface area contributed by atoms with E-state index in [4.69, 9.17) is 4.52 Å². The van der Waals surface area contributed by atoms with Gasteiger partial charge >= 0.3 is 0 Å². The lowest BCUT2D eigenvalue weighted by Gasteiger charge is -2.34. The molecule has 1 fully saturated rings. The van der Waals surface area contributed by atoms with Crippen LogP contribution >= 0.6 is 15.9 Å². The zero-order valence-electron chi connectivity index (χ0n) is 14.7. The normalized spacial score (nSPS) is 14.8. The third-order valence-corrected chi connectivity index (χ3v) is 5.28. The van der Waals surface area contributed by atoms with E-state index in [0.717, 1.165) is 30.2 Å². The number of aromatic nitrogens is 1. The summed E-state index contributed by atoms with van der Waals surface area (Å²) in [5.74, 6) is 0.582. The van der Waals surface area contributed by atoms with Crippen molar-refractivity contribution in [2.75, 3.05) is 11.9 Å². The third-order valence-electron chi connectivity index (χ3n) is 4.59. The number of carbonyl (C=O) groups is 2. The van der Waals surface area contributed by atoms with Crippen molar-refractivity contribution >= 4 is 33.6 Å². The van der Waals surface area contributed by atoms with Crippen LogP contribution in [0.25, 0.3) is 0 Å². The van der Waals surface area contributed by atoms with Gasteiger partial charge in [-0.05, 0) is 47.8 Å². The molecule has 0 radical (unpaired) electrons. The lowest BCUT2D eigenvalue weighted by Crippen LogP contribution is -2.45. The molecule has 1 aromatic carbocycles. The maximum atomic E-state index is 13.1. The summed E-state index contributed by atoms with van der Waals surface area (Å²) in [6.07, 6.45) is 5.18. The molecular weight excluding hydrogens is 398 g/mol. The average Bonchev–Trinajstić information content (AvgIpc) is 3.05. The number of nitrogens with zero attached hydrogens (tertiary/aromatic N) is 2. The van der Waals surface area contributed by atoms with E-state index in [1.165, 1.54) is 6.42 Å². The summed E-state index contributed by atoms with van der Waals surface area (Å²) >= 11 is 3.44. The maximum Gasteiger partial charge on any atom is 0.255 e. The highest BCUT2D eigenvalue weighted by Gasteiger charge is 2.29. The van der Waals surface area contributed by atoms with Crippen LogP contribution in [0.5, 0.6) is 0 Å². The van der Waals surface area contributed by atoms with Gasteiger partial charge in [-0.3, -0.25) is 9.59 Å². The molecule has 2 amide bonds. The summed E-state index contributed by atoms with van der Waals surface area (Å²) in [6, 6.07) is 9.04. The Bertz CT molecular complexity index is 784. The highest BCUT2D eigenvalue weighted by Crippen LogP contribution is 2.26. The molecule has 6 nitrogen and oxygen atoms in total. The molecule has 0 unspecified atom stereocenters. The zero-order chi connectivity index (χ0) is 18.5. The quantitative estimate of drug-likeness (QED) is 0.788. The Morgan fingerprint density at radius 3 is 2.65 bits per heavy atom. The maximum absolute atomic E-state index is 13.1. The number of hydrogen-bond acceptors (Lipinski definition) is 4. The number of aryl methyl sites for hydroxylation is 1. The van der Waals surface area contributed by atoms with Crippen LogP contribution in [0, 0.1) is 6.92 Å². The van der Waals surface area contributed by atoms with Gasteiger partial charge in [0.25, 0.3) is 5.91 Å². The average molecular weight is 420 g/mol. The predicted octanol–water partition coefficient (Wildman–Crippen LogP) is 4.16. The molecular formula is C19H22BrN3O3. The molecule has 1 saturated carbocycles. The third kappa shape index (κ3) is 4.52. The molecule has 26 heavy (non-hydrogen) atoms. The number of rotatable bonds is 5. The Kier molecular flexibility index (Phi) is 6.08. The van der Waals surface area contributed by atoms with Gasteiger partial charge in [0.15, 0.2) is 5.82 Å². The van der Waals surface area contributed by atoms with E-state index < -0.39 is 0 Å². The van der Waals surface area contributed by atoms with E-state index >= 15 is 0 Å². The van der Waals surface area contributed by atoms with Crippen LogP contribution in [-0.4, -0.2) is 34.5 Å². The standard InChI is InChI=1S/C19H22BrN3O3/c1-13-11-17(22-26-13)21-18(24)12-23(14-7-3-2-4-8-14)19(25)15-9-5-6-10-16(15)20/h5-6,9-11,14H,2-4,7-8,12H2,1H3,(H,21,22,24). The molecule has 1 N–H and O–H groups in total. The number of nitrogens with one attached hydrogen (secondary N) is 1. The summed E-state index contributed by atoms with van der Waals surface area (Å²) in [6.45, 7) is 1.75. The van der Waals surface area contributed by atoms with E-state index in [0.29, 0.717) is 17.1 Å². The second-order valence-corrected chi connectivity index (χ2v) is 7.43. The Labute approximate surface area is 161 Å². The number of hydrogen-bond donors (Lipinski definition) is 1. The van der Waals surface area contributed by atoms with E-state index in [-0.39, 0.29) is 24.4 Å². The molecule has 0 atom stereocenters. The largest absolute Gasteiger partial charge is 0.360 e. The van der Waals surface area contributed by atoms with Gasteiger partial charge < -0.3 is 14.7 Å². The molecule has 3 rings (SSSR count). The van der Waals surface area contributed by atoms with E-state index in [1.807, 2.05) is 18.2 Å². The number of anilines is 1. The zero-order valence-corrected chi connectivity index (χ0v) is 16.3. The van der Waals surface area contributed by atoms with Crippen molar-refractivity contribution in [1.29, 1.82) is 0 Å². The lowest BCUT2D eigenvalue weighted by molar-refractivity contribution is -0.117. The molecule has 1 aliphatic rings. The summed E-state index contributed by atoms with van der Waals surface area (Å²) < 4.78 is 5.70. The second kappa shape index (κ2) is 8.49. The van der Waals surface area contributed by atoms with Crippen molar-refractivity contribution in [3.05, 3.63) is 46.1 Å². The molecule has 1 heterocycles. The molecule has 0 bridgehead atoms. The van der Waals surface area contributed by atoms with Crippen LogP contribution in [0.3, 0.4) is 0 Å². The minimum absolute atomic E-state index is 0.00323. The molecule has 2 aromatic rings. The molecule has 138 valence electrons. The van der Waals surface area contributed by atoms with Crippen molar-refractivity contribution < 1.29 is 14.1 Å². The van der Waals surface area contributed by atoms with E-state index in [9.17, 15) is 9.59 Å². The summed E-state index contributed by atoms with van der Waals surface area (Å²) in [4.78, 5) is 27.3. The van der Waals surface area contributed by atoms with Crippen molar-refractivity contribution in [2.45, 2.75) is 45.1 Å². The topological polar surface area (TPSA) is 75.4 Å². The van der Waals surface area contributed by atoms with Gasteiger partial charge in [-0.1, -0.05) is 36.6 Å². The highest BCUT2D eigenvalue weighted by atomic mass is 79.9. The van der Waals surface area contributed by atoms with Gasteiger partial charge in [0.05, 0.1) is 5.56 Å². The monoisotopic (exact) mass is 419 g/mol. The first kappa shape index (κ1) is 18.6. The summed E-state index contributed by atoms with van der Waals surface area (Å²) in [5, 5.41) is 6.48. The Morgan fingerprint density at radius 2 is 2.00 bits per heavy atom. The van der Waals surface area contributed by atoms with Gasteiger partial charge in [0, 0.05) is 16.6 Å². The Morgan fingerprint density at radius 1 is 1.27 bits per heavy atom. The van der Waals surface area contributed by atoms with E-state index in [2.05, 4.69) is 26.4 Å². The molecule has 7 heteroatoms. The van der Waals surface area contributed by atoms with Crippen molar-refractivity contribution in [2.24, 2.45) is 0 Å². The molecule has 0 spiro atoms. The Balaban J connectivity index is 1.77. The fraction of sp³-hybridized carbons (Fsp3) is 0.421. The molecule has 1 aliphatic carbocycles. The van der Waals surface area contributed by atoms with Gasteiger partial charge in [-0.25, -0.2) is 0 Å². The van der Waals surface area contributed by atoms with Crippen molar-refractivity contribution in [1.82, 2.24) is 10.1 Å². The van der Waals surface area contributed by atoms with Gasteiger partial charge in [-0.2, -0.15) is 0 Å². The first-order valence-corrected chi connectivity index (χ1v) is 9.62. The predicted molar refractivity (Wildman–Crippen MR) is 102 cm³/mol. The lowest BCUT2D eigenvalue weighted by atomic mass is 9.93. The minimum Gasteiger partial charge on any atom is -0.360 e. The van der Waals surface area contributed by atoms with Crippen LogP contribution < -0.4 is 5.32 Å². The van der Waals surface area contributed by atoms with Gasteiger partial charge in [0.2, 0.25) is 5.91 Å². The van der Waals surface area contributed by atoms with Crippen LogP contribution in [0.1, 0.15) is 48.2 Å². The van der Waals surface area contributed by atoms with Crippen LogP contribution in [0.15, 0.2) is 39.3 Å². The fourth-order valence-electron chi connectivity index (χ4n) is 3.31. The Hall–Kier alpha value is -2.15. The van der Waals surface area contributed by atoms with Crippen molar-refractivity contribution in [3.63, 3.8) is 0 Å². The molecule has 0 saturated heterocycles. The van der Waals surface area contributed by atoms with Gasteiger partial charge in [-0.15, -0.1) is 0 Å². The molecule has 1 aromatic heterocycles. The van der Waals surface area contributed by atoms with E-state index in [1.54, 1.807) is 24.0 Å². The second-order valence-electron chi connectivity index (χ2n) is 6.58. The van der Waals surface area contributed by atoms with Crippen LogP contribution in [0.2, 0.25) is 0 Å². The van der Waals surface area contributed by atoms with Crippen molar-refractivity contribution in [3.8, 4) is 0 Å². The molecule has 0 aliphatic heterocycles. The van der Waals surface area contributed by atoms with Crippen LogP contribution in [-0.2, 0) is 4.79 Å². The summed E-state index contributed by atoms with van der Waals surface area (Å²) in [7, 11) is 0. The fourth-order valence-corrected chi connectivity index (χ4v) is 3.77. The SMILES string of the molecule is Cc1cc(NC(=O)CN(C(=O)c2ccccc2Br)C2CCCCC2)no1. The number of halogens is 1. The minimum atomic E-state index is -0.274. The number of carbonyl (C=O) groups excluding carboxylic acids is 2. The van der Waals surface area contributed by atoms with Gasteiger partial charge in [0.1, 0.15) is 12.3 Å². The summed E-state index contributed by atoms with van der Waals surface area (Å²) in [5.41, 5.74) is 0.572. The first-order valence-electron chi connectivity index (χ1n) is 8.83. The number of amides is 2. The smallest absolute Gasteiger partial charge is 0.255 e. The highest BCUT2D eigenvalue weighted by molar-refractivity contribution is 9.10. The number of benzene rings is 1. The first-order chi connectivity index (χ1) is 12.5.